The van der Waals surface area contributed by atoms with Crippen molar-refractivity contribution in [1.29, 1.82) is 0 Å². The van der Waals surface area contributed by atoms with E-state index in [9.17, 15) is 4.79 Å². The summed E-state index contributed by atoms with van der Waals surface area (Å²) in [5.41, 5.74) is 8.12. The van der Waals surface area contributed by atoms with Crippen molar-refractivity contribution < 1.29 is 9.53 Å². The first-order valence-electron chi connectivity index (χ1n) is 6.85. The van der Waals surface area contributed by atoms with Gasteiger partial charge < -0.3 is 15.8 Å². The van der Waals surface area contributed by atoms with Crippen molar-refractivity contribution in [3.05, 3.63) is 23.8 Å². The van der Waals surface area contributed by atoms with Gasteiger partial charge in [-0.1, -0.05) is 12.8 Å². The highest BCUT2D eigenvalue weighted by atomic mass is 16.5. The van der Waals surface area contributed by atoms with E-state index in [1.807, 2.05) is 19.1 Å². The molecule has 1 aromatic carbocycles. The molecule has 1 unspecified atom stereocenters. The van der Waals surface area contributed by atoms with Crippen LogP contribution in [-0.2, 0) is 9.53 Å². The number of nitrogens with two attached hydrogens (primary N) is 1. The maximum atomic E-state index is 12.0. The van der Waals surface area contributed by atoms with Crippen LogP contribution in [0.15, 0.2) is 18.2 Å². The molecule has 1 saturated carbocycles. The highest BCUT2D eigenvalue weighted by Gasteiger charge is 2.22. The number of carbonyl (C=O) groups excluding carboxylic acids is 1. The Hall–Kier alpha value is -1.55. The first-order valence-corrected chi connectivity index (χ1v) is 6.85. The minimum Gasteiger partial charge on any atom is -0.399 e. The van der Waals surface area contributed by atoms with Gasteiger partial charge >= 0.3 is 0 Å². The van der Waals surface area contributed by atoms with Crippen molar-refractivity contribution >= 4 is 17.3 Å². The Morgan fingerprint density at radius 1 is 1.53 bits per heavy atom. The second-order valence-electron chi connectivity index (χ2n) is 5.31. The summed E-state index contributed by atoms with van der Waals surface area (Å²) in [4.78, 5) is 12.0. The van der Waals surface area contributed by atoms with Gasteiger partial charge in [0.2, 0.25) is 0 Å². The van der Waals surface area contributed by atoms with Crippen molar-refractivity contribution in [2.24, 2.45) is 5.92 Å². The van der Waals surface area contributed by atoms with E-state index in [0.29, 0.717) is 12.3 Å². The monoisotopic (exact) mass is 262 g/mol. The molecule has 0 radical (unpaired) electrons. The molecule has 0 bridgehead atoms. The van der Waals surface area contributed by atoms with Crippen molar-refractivity contribution in [1.82, 2.24) is 0 Å². The maximum absolute atomic E-state index is 12.0. The van der Waals surface area contributed by atoms with Crippen LogP contribution in [0.5, 0.6) is 0 Å². The maximum Gasteiger partial charge on any atom is 0.253 e. The molecule has 1 aliphatic carbocycles. The Bertz CT molecular complexity index is 455. The molecule has 4 heteroatoms. The molecule has 1 amide bonds. The Balaban J connectivity index is 1.81. The molecule has 1 aromatic rings. The van der Waals surface area contributed by atoms with Gasteiger partial charge in [-0.2, -0.15) is 0 Å². The Morgan fingerprint density at radius 2 is 2.26 bits per heavy atom. The van der Waals surface area contributed by atoms with Crippen LogP contribution in [-0.4, -0.2) is 18.6 Å². The summed E-state index contributed by atoms with van der Waals surface area (Å²) in [7, 11) is 0. The molecule has 0 aromatic heterocycles. The van der Waals surface area contributed by atoms with Crippen LogP contribution in [0.1, 0.15) is 31.7 Å². The van der Waals surface area contributed by atoms with Crippen molar-refractivity contribution in [2.45, 2.75) is 39.2 Å². The van der Waals surface area contributed by atoms with Crippen LogP contribution in [0.3, 0.4) is 0 Å². The van der Waals surface area contributed by atoms with Gasteiger partial charge in [0.25, 0.3) is 5.91 Å². The van der Waals surface area contributed by atoms with Gasteiger partial charge in [-0.15, -0.1) is 0 Å². The smallest absolute Gasteiger partial charge is 0.253 e. The van der Waals surface area contributed by atoms with Crippen LogP contribution in [0.25, 0.3) is 0 Å². The van der Waals surface area contributed by atoms with Gasteiger partial charge in [0.15, 0.2) is 0 Å². The molecule has 0 heterocycles. The van der Waals surface area contributed by atoms with Gasteiger partial charge in [0.1, 0.15) is 6.10 Å². The summed E-state index contributed by atoms with van der Waals surface area (Å²) in [6.45, 7) is 4.37. The average Bonchev–Trinajstić information content (AvgIpc) is 3.16. The van der Waals surface area contributed by atoms with Gasteiger partial charge in [0, 0.05) is 18.0 Å². The first-order chi connectivity index (χ1) is 9.06. The zero-order chi connectivity index (χ0) is 13.8. The lowest BCUT2D eigenvalue weighted by atomic mass is 10.1. The third-order valence-corrected chi connectivity index (χ3v) is 3.47. The first kappa shape index (κ1) is 13.9. The molecule has 2 rings (SSSR count). The van der Waals surface area contributed by atoms with E-state index in [-0.39, 0.29) is 5.91 Å². The largest absolute Gasteiger partial charge is 0.399 e. The van der Waals surface area contributed by atoms with Crippen LogP contribution in [0, 0.1) is 12.8 Å². The molecule has 104 valence electrons. The van der Waals surface area contributed by atoms with E-state index < -0.39 is 6.10 Å². The molecule has 1 atom stereocenters. The molecule has 0 spiro atoms. The number of anilines is 2. The Kier molecular flexibility index (Phi) is 4.43. The SMILES string of the molecule is Cc1cc(N)ccc1NC(=O)C(C)OCCC1CC1. The Labute approximate surface area is 114 Å². The fraction of sp³-hybridized carbons (Fsp3) is 0.533. The number of carbonyl (C=O) groups is 1. The molecule has 3 N–H and O–H groups in total. The zero-order valence-corrected chi connectivity index (χ0v) is 11.6. The highest BCUT2D eigenvalue weighted by Crippen LogP contribution is 2.32. The van der Waals surface area contributed by atoms with Crippen LogP contribution in [0.2, 0.25) is 0 Å². The van der Waals surface area contributed by atoms with Crippen molar-refractivity contribution in [3.63, 3.8) is 0 Å². The molecule has 0 aliphatic heterocycles. The number of rotatable bonds is 6. The number of ether oxygens (including phenoxy) is 1. The molecular formula is C15H22N2O2. The molecular weight excluding hydrogens is 240 g/mol. The topological polar surface area (TPSA) is 64.3 Å². The molecule has 0 saturated heterocycles. The second kappa shape index (κ2) is 6.06. The van der Waals surface area contributed by atoms with Gasteiger partial charge in [-0.25, -0.2) is 0 Å². The standard InChI is InChI=1S/C15H22N2O2/c1-10-9-13(16)5-6-14(10)17-15(18)11(2)19-8-7-12-3-4-12/h5-6,9,11-12H,3-4,7-8,16H2,1-2H3,(H,17,18). The minimum atomic E-state index is -0.421. The van der Waals surface area contributed by atoms with Gasteiger partial charge in [-0.05, 0) is 49.9 Å². The summed E-state index contributed by atoms with van der Waals surface area (Å²) < 4.78 is 5.55. The summed E-state index contributed by atoms with van der Waals surface area (Å²) in [6.07, 6.45) is 3.28. The lowest BCUT2D eigenvalue weighted by Gasteiger charge is -2.14. The van der Waals surface area contributed by atoms with E-state index >= 15 is 0 Å². The van der Waals surface area contributed by atoms with Crippen molar-refractivity contribution in [2.75, 3.05) is 17.7 Å². The fourth-order valence-corrected chi connectivity index (χ4v) is 1.96. The molecule has 4 nitrogen and oxygen atoms in total. The van der Waals surface area contributed by atoms with E-state index in [0.717, 1.165) is 23.6 Å². The third-order valence-electron chi connectivity index (χ3n) is 3.47. The minimum absolute atomic E-state index is 0.108. The molecule has 1 fully saturated rings. The zero-order valence-electron chi connectivity index (χ0n) is 11.6. The van der Waals surface area contributed by atoms with Crippen LogP contribution in [0.4, 0.5) is 11.4 Å². The number of nitrogens with one attached hydrogen (secondary N) is 1. The van der Waals surface area contributed by atoms with Gasteiger partial charge in [-0.3, -0.25) is 4.79 Å². The van der Waals surface area contributed by atoms with Crippen molar-refractivity contribution in [3.8, 4) is 0 Å². The highest BCUT2D eigenvalue weighted by molar-refractivity contribution is 5.94. The van der Waals surface area contributed by atoms with Gasteiger partial charge in [0.05, 0.1) is 0 Å². The fourth-order valence-electron chi connectivity index (χ4n) is 1.96. The Morgan fingerprint density at radius 3 is 2.89 bits per heavy atom. The lowest BCUT2D eigenvalue weighted by Crippen LogP contribution is -2.28. The predicted octanol–water partition coefficient (Wildman–Crippen LogP) is 2.72. The predicted molar refractivity (Wildman–Crippen MR) is 77.0 cm³/mol. The second-order valence-corrected chi connectivity index (χ2v) is 5.31. The van der Waals surface area contributed by atoms with Crippen LogP contribution >= 0.6 is 0 Å². The summed E-state index contributed by atoms with van der Waals surface area (Å²) >= 11 is 0. The van der Waals surface area contributed by atoms with Crippen LogP contribution < -0.4 is 11.1 Å². The molecule has 1 aliphatic rings. The van der Waals surface area contributed by atoms with E-state index in [1.165, 1.54) is 12.8 Å². The summed E-state index contributed by atoms with van der Waals surface area (Å²) in [5, 5.41) is 2.87. The summed E-state index contributed by atoms with van der Waals surface area (Å²) in [6, 6.07) is 5.44. The number of benzene rings is 1. The third kappa shape index (κ3) is 4.24. The number of amides is 1. The number of aryl methyl sites for hydroxylation is 1. The quantitative estimate of drug-likeness (QED) is 0.775. The number of hydrogen-bond donors (Lipinski definition) is 2. The van der Waals surface area contributed by atoms with E-state index in [1.54, 1.807) is 13.0 Å². The number of hydrogen-bond acceptors (Lipinski definition) is 3. The summed E-state index contributed by atoms with van der Waals surface area (Å²) in [5.74, 6) is 0.721. The normalized spacial score (nSPS) is 16.1. The number of nitrogen functional groups attached to an aromatic ring is 1. The van der Waals surface area contributed by atoms with E-state index in [2.05, 4.69) is 5.32 Å². The van der Waals surface area contributed by atoms with E-state index in [4.69, 9.17) is 10.5 Å². The molecule has 19 heavy (non-hydrogen) atoms. The average molecular weight is 262 g/mol. The lowest BCUT2D eigenvalue weighted by molar-refractivity contribution is -0.126.